The zero-order valence-corrected chi connectivity index (χ0v) is 7.34. The van der Waals surface area contributed by atoms with Crippen LogP contribution in [0.25, 0.3) is 0 Å². The van der Waals surface area contributed by atoms with Crippen LogP contribution in [-0.4, -0.2) is 17.1 Å². The molecule has 0 atom stereocenters. The molecule has 1 aromatic heterocycles. The summed E-state index contributed by atoms with van der Waals surface area (Å²) >= 11 is 0. The molecule has 14 heavy (non-hydrogen) atoms. The van der Waals surface area contributed by atoms with Crippen molar-refractivity contribution in [2.75, 3.05) is 0 Å². The molecule has 0 aromatic carbocycles. The second-order valence-electron chi connectivity index (χ2n) is 2.23. The Hall–Kier alpha value is -1.53. The van der Waals surface area contributed by atoms with E-state index in [1.54, 1.807) is 0 Å². The average molecular weight is 210 g/mol. The highest BCUT2D eigenvalue weighted by molar-refractivity contribution is 5.70. The number of aromatic nitrogens is 2. The summed E-state index contributed by atoms with van der Waals surface area (Å²) in [5.41, 5.74) is 0. The van der Waals surface area contributed by atoms with E-state index in [0.717, 1.165) is 6.54 Å². The SMILES string of the molecule is CC[n+]1cc[nH]c1.O=C([O-])C(F)(F)F. The van der Waals surface area contributed by atoms with Crippen molar-refractivity contribution in [2.45, 2.75) is 19.6 Å². The number of aryl methyl sites for hydroxylation is 1. The highest BCUT2D eigenvalue weighted by atomic mass is 19.4. The third kappa shape index (κ3) is 5.18. The van der Waals surface area contributed by atoms with Crippen LogP contribution in [0, 0.1) is 0 Å². The van der Waals surface area contributed by atoms with E-state index >= 15 is 0 Å². The third-order valence-corrected chi connectivity index (χ3v) is 1.20. The van der Waals surface area contributed by atoms with E-state index in [0.29, 0.717) is 0 Å². The van der Waals surface area contributed by atoms with Crippen LogP contribution in [0.15, 0.2) is 18.7 Å². The Balaban J connectivity index is 0.000000241. The molecular weight excluding hydrogens is 201 g/mol. The Bertz CT molecular complexity index is 269. The van der Waals surface area contributed by atoms with Crippen LogP contribution in [0.2, 0.25) is 0 Å². The fourth-order valence-corrected chi connectivity index (χ4v) is 0.517. The summed E-state index contributed by atoms with van der Waals surface area (Å²) < 4.78 is 33.6. The van der Waals surface area contributed by atoms with E-state index in [1.807, 2.05) is 18.7 Å². The van der Waals surface area contributed by atoms with Crippen molar-refractivity contribution < 1.29 is 27.6 Å². The number of carboxylic acid groups (broad SMARTS) is 1. The molecule has 0 aliphatic carbocycles. The van der Waals surface area contributed by atoms with Crippen molar-refractivity contribution in [1.29, 1.82) is 0 Å². The van der Waals surface area contributed by atoms with E-state index in [4.69, 9.17) is 9.90 Å². The quantitative estimate of drug-likeness (QED) is 0.642. The number of aliphatic carboxylic acids is 1. The zero-order valence-electron chi connectivity index (χ0n) is 7.34. The van der Waals surface area contributed by atoms with Gasteiger partial charge in [-0.15, -0.1) is 0 Å². The van der Waals surface area contributed by atoms with Gasteiger partial charge >= 0.3 is 6.18 Å². The molecule has 0 fully saturated rings. The van der Waals surface area contributed by atoms with Gasteiger partial charge in [-0.1, -0.05) is 0 Å². The third-order valence-electron chi connectivity index (χ3n) is 1.20. The minimum atomic E-state index is -5.19. The maximum Gasteiger partial charge on any atom is 0.430 e. The first kappa shape index (κ1) is 12.5. The summed E-state index contributed by atoms with van der Waals surface area (Å²) in [6.45, 7) is 3.15. The van der Waals surface area contributed by atoms with Crippen molar-refractivity contribution in [2.24, 2.45) is 0 Å². The molecule has 0 bridgehead atoms. The van der Waals surface area contributed by atoms with Gasteiger partial charge in [-0.25, -0.2) is 4.57 Å². The Kier molecular flexibility index (Phi) is 4.68. The summed E-state index contributed by atoms with van der Waals surface area (Å²) in [6, 6.07) is 0. The highest BCUT2D eigenvalue weighted by Gasteiger charge is 2.28. The Morgan fingerprint density at radius 2 is 2.07 bits per heavy atom. The fraction of sp³-hybridized carbons (Fsp3) is 0.429. The number of carbonyl (C=O) groups is 1. The number of alkyl halides is 3. The number of imidazole rings is 1. The summed E-state index contributed by atoms with van der Waals surface area (Å²) in [7, 11) is 0. The molecule has 0 aliphatic rings. The molecule has 1 rings (SSSR count). The summed E-state index contributed by atoms with van der Waals surface area (Å²) in [6.07, 6.45) is 0.642. The van der Waals surface area contributed by atoms with Crippen molar-refractivity contribution >= 4 is 5.97 Å². The number of halogens is 3. The van der Waals surface area contributed by atoms with E-state index < -0.39 is 12.1 Å². The second-order valence-corrected chi connectivity index (χ2v) is 2.23. The number of carbonyl (C=O) groups excluding carboxylic acids is 1. The van der Waals surface area contributed by atoms with Crippen LogP contribution in [-0.2, 0) is 11.3 Å². The number of nitrogens with zero attached hydrogens (tertiary/aromatic N) is 1. The number of aromatic amines is 1. The van der Waals surface area contributed by atoms with Gasteiger partial charge in [0.25, 0.3) is 0 Å². The van der Waals surface area contributed by atoms with Gasteiger partial charge < -0.3 is 9.90 Å². The predicted molar refractivity (Wildman–Crippen MR) is 37.7 cm³/mol. The van der Waals surface area contributed by atoms with E-state index in [1.165, 1.54) is 0 Å². The lowest BCUT2D eigenvalue weighted by atomic mass is 10.7. The van der Waals surface area contributed by atoms with Crippen LogP contribution in [0.1, 0.15) is 6.92 Å². The number of hydrogen-bond acceptors (Lipinski definition) is 2. The molecule has 1 aromatic rings. The van der Waals surface area contributed by atoms with Gasteiger partial charge in [-0.3, -0.25) is 4.98 Å². The summed E-state index contributed by atoms with van der Waals surface area (Å²) in [5, 5.41) is 8.78. The average Bonchev–Trinajstić information content (AvgIpc) is 2.54. The first-order chi connectivity index (χ1) is 6.38. The first-order valence-electron chi connectivity index (χ1n) is 3.68. The molecular formula is C7H9F3N2O2. The van der Waals surface area contributed by atoms with Crippen molar-refractivity contribution in [3.05, 3.63) is 18.7 Å². The Morgan fingerprint density at radius 1 is 1.57 bits per heavy atom. The van der Waals surface area contributed by atoms with E-state index in [9.17, 15) is 13.2 Å². The lowest BCUT2D eigenvalue weighted by Gasteiger charge is -2.03. The molecule has 0 amide bonds. The van der Waals surface area contributed by atoms with Gasteiger partial charge in [0.2, 0.25) is 6.33 Å². The first-order valence-corrected chi connectivity index (χ1v) is 3.68. The number of nitrogens with one attached hydrogen (secondary N) is 1. The molecule has 0 aliphatic heterocycles. The standard InChI is InChI=1S/C5H8N2.C2HF3O2/c1-2-7-4-3-6-5-7;3-2(4,5)1(6)7/h3-5H,2H2,1H3;(H,6,7). The molecule has 7 heteroatoms. The van der Waals surface area contributed by atoms with Crippen molar-refractivity contribution in [3.63, 3.8) is 0 Å². The smallest absolute Gasteiger partial charge is 0.430 e. The van der Waals surface area contributed by atoms with Crippen LogP contribution >= 0.6 is 0 Å². The van der Waals surface area contributed by atoms with Crippen molar-refractivity contribution in [3.8, 4) is 0 Å². The largest absolute Gasteiger partial charge is 0.542 e. The Morgan fingerprint density at radius 3 is 2.21 bits per heavy atom. The fourth-order valence-electron chi connectivity index (χ4n) is 0.517. The van der Waals surface area contributed by atoms with Gasteiger partial charge in [-0.05, 0) is 6.92 Å². The maximum atomic E-state index is 10.5. The van der Waals surface area contributed by atoms with Crippen LogP contribution in [0.3, 0.4) is 0 Å². The molecule has 4 nitrogen and oxygen atoms in total. The summed E-state index contributed by atoms with van der Waals surface area (Å²) in [4.78, 5) is 11.7. The van der Waals surface area contributed by atoms with Crippen LogP contribution in [0.4, 0.5) is 13.2 Å². The molecule has 0 saturated carbocycles. The molecule has 0 spiro atoms. The number of carboxylic acids is 1. The van der Waals surface area contributed by atoms with Crippen LogP contribution in [0.5, 0.6) is 0 Å². The highest BCUT2D eigenvalue weighted by Crippen LogP contribution is 2.11. The van der Waals surface area contributed by atoms with Gasteiger partial charge in [-0.2, -0.15) is 13.2 Å². The number of H-pyrrole nitrogens is 1. The summed E-state index contributed by atoms with van der Waals surface area (Å²) in [5.74, 6) is -3.01. The molecule has 0 unspecified atom stereocenters. The van der Waals surface area contributed by atoms with E-state index in [-0.39, 0.29) is 0 Å². The topological polar surface area (TPSA) is 59.8 Å². The van der Waals surface area contributed by atoms with Gasteiger partial charge in [0, 0.05) is 0 Å². The Labute approximate surface area is 78.0 Å². The predicted octanol–water partition coefficient (Wildman–Crippen LogP) is -0.379. The molecule has 0 saturated heterocycles. The second kappa shape index (κ2) is 5.25. The molecule has 1 N–H and O–H groups in total. The minimum absolute atomic E-state index is 1.05. The van der Waals surface area contributed by atoms with Gasteiger partial charge in [0.05, 0.1) is 6.54 Å². The monoisotopic (exact) mass is 210 g/mol. The van der Waals surface area contributed by atoms with Crippen LogP contribution < -0.4 is 9.67 Å². The van der Waals surface area contributed by atoms with Gasteiger partial charge in [0.15, 0.2) is 0 Å². The molecule has 80 valence electrons. The maximum absolute atomic E-state index is 10.5. The molecule has 0 radical (unpaired) electrons. The van der Waals surface area contributed by atoms with Crippen molar-refractivity contribution in [1.82, 2.24) is 4.98 Å². The van der Waals surface area contributed by atoms with E-state index in [2.05, 4.69) is 16.5 Å². The minimum Gasteiger partial charge on any atom is -0.542 e. The van der Waals surface area contributed by atoms with Gasteiger partial charge in [0.1, 0.15) is 18.4 Å². The normalized spacial score (nSPS) is 10.3. The number of hydrogen-bond donors (Lipinski definition) is 1. The lowest BCUT2D eigenvalue weighted by Crippen LogP contribution is -2.37. The lowest BCUT2D eigenvalue weighted by molar-refractivity contribution is -0.692. The number of rotatable bonds is 1. The molecule has 1 heterocycles. The zero-order chi connectivity index (χ0) is 11.2.